The predicted molar refractivity (Wildman–Crippen MR) is 210 cm³/mol. The fraction of sp³-hybridized carbons (Fsp3) is 0.0435. The molecule has 0 N–H and O–H groups in total. The summed E-state index contributed by atoms with van der Waals surface area (Å²) in [4.78, 5) is 7.33. The van der Waals surface area contributed by atoms with E-state index in [1.54, 1.807) is 0 Å². The van der Waals surface area contributed by atoms with Gasteiger partial charge in [0.1, 0.15) is 0 Å². The zero-order chi connectivity index (χ0) is 33.0. The van der Waals surface area contributed by atoms with Crippen molar-refractivity contribution in [1.82, 2.24) is 0 Å². The minimum Gasteiger partial charge on any atom is -0.377 e. The first kappa shape index (κ1) is 28.7. The molecule has 236 valence electrons. The van der Waals surface area contributed by atoms with Crippen LogP contribution in [-0.2, 0) is 0 Å². The summed E-state index contributed by atoms with van der Waals surface area (Å²) < 4.78 is 0. The fourth-order valence-corrected chi connectivity index (χ4v) is 8.49. The van der Waals surface area contributed by atoms with Gasteiger partial charge in [-0.1, -0.05) is 126 Å². The molecule has 50 heavy (non-hydrogen) atoms. The lowest BCUT2D eigenvalue weighted by Gasteiger charge is -2.47. The highest BCUT2D eigenvalue weighted by atomic mass is 15.2. The van der Waals surface area contributed by atoms with Crippen LogP contribution in [0.5, 0.6) is 0 Å². The van der Waals surface area contributed by atoms with Crippen molar-refractivity contribution < 1.29 is 0 Å². The molecule has 6 aromatic carbocycles. The van der Waals surface area contributed by atoms with Gasteiger partial charge in [0.25, 0.3) is 0 Å². The Labute approximate surface area is 294 Å². The Bertz CT molecular complexity index is 2320. The lowest BCUT2D eigenvalue weighted by Crippen LogP contribution is -2.48. The van der Waals surface area contributed by atoms with E-state index in [1.807, 2.05) is 0 Å². The van der Waals surface area contributed by atoms with E-state index in [4.69, 9.17) is 0 Å². The molecule has 6 aromatic rings. The third-order valence-electron chi connectivity index (χ3n) is 10.6. The Morgan fingerprint density at radius 1 is 0.400 bits per heavy atom. The molecule has 0 spiro atoms. The van der Waals surface area contributed by atoms with Crippen molar-refractivity contribution in [3.8, 4) is 0 Å². The second-order valence-corrected chi connectivity index (χ2v) is 13.3. The highest BCUT2D eigenvalue weighted by molar-refractivity contribution is 6.80. The van der Waals surface area contributed by atoms with Gasteiger partial charge in [-0.3, -0.25) is 0 Å². The number of hydrogen-bond acceptors (Lipinski definition) is 3. The molecule has 0 aromatic heterocycles. The van der Waals surface area contributed by atoms with Crippen LogP contribution in [0.4, 0.5) is 45.5 Å². The number of fused-ring (bicyclic) bond motifs is 11. The number of allylic oxidation sites excluding steroid dienone is 8. The second kappa shape index (κ2) is 11.7. The maximum Gasteiger partial charge on any atom is 0.321 e. The SMILES string of the molecule is C1=CC2C(=C1)B1C3=CC=CC3c3cc(N(c4ccccc4)c4cccc(N(c5ccccc5)c5ccccc5)c4)ccc3N1c1ccccc12. The largest absolute Gasteiger partial charge is 0.377 e. The summed E-state index contributed by atoms with van der Waals surface area (Å²) in [6, 6.07) is 57.0. The number of hydrogen-bond donors (Lipinski definition) is 0. The van der Waals surface area contributed by atoms with Crippen molar-refractivity contribution in [3.05, 3.63) is 216 Å². The Morgan fingerprint density at radius 3 is 1.46 bits per heavy atom. The molecule has 0 saturated carbocycles. The van der Waals surface area contributed by atoms with Crippen LogP contribution >= 0.6 is 0 Å². The van der Waals surface area contributed by atoms with E-state index in [1.165, 1.54) is 33.4 Å². The predicted octanol–water partition coefficient (Wildman–Crippen LogP) is 12.0. The van der Waals surface area contributed by atoms with E-state index in [-0.39, 0.29) is 12.8 Å². The van der Waals surface area contributed by atoms with Gasteiger partial charge in [0.05, 0.1) is 0 Å². The molecule has 4 aliphatic rings. The molecule has 0 amide bonds. The van der Waals surface area contributed by atoms with Crippen molar-refractivity contribution in [2.24, 2.45) is 0 Å². The first-order valence-electron chi connectivity index (χ1n) is 17.5. The monoisotopic (exact) mass is 639 g/mol. The van der Waals surface area contributed by atoms with Crippen molar-refractivity contribution in [3.63, 3.8) is 0 Å². The number of anilines is 8. The van der Waals surface area contributed by atoms with Gasteiger partial charge in [0.15, 0.2) is 0 Å². The van der Waals surface area contributed by atoms with Gasteiger partial charge in [-0.15, -0.1) is 0 Å². The summed E-state index contributed by atoms with van der Waals surface area (Å²) in [5.41, 5.74) is 14.9. The minimum atomic E-state index is 0.215. The first-order chi connectivity index (χ1) is 24.8. The van der Waals surface area contributed by atoms with Crippen LogP contribution in [-0.4, -0.2) is 6.85 Å². The van der Waals surface area contributed by atoms with Crippen LogP contribution in [0, 0.1) is 0 Å². The molecule has 4 heteroatoms. The van der Waals surface area contributed by atoms with E-state index < -0.39 is 0 Å². The lowest BCUT2D eigenvalue weighted by atomic mass is 9.39. The summed E-state index contributed by atoms with van der Waals surface area (Å²) in [5.74, 6) is 0.567. The van der Waals surface area contributed by atoms with E-state index in [0.717, 1.165) is 34.1 Å². The Hall–Kier alpha value is -6.26. The van der Waals surface area contributed by atoms with E-state index in [2.05, 4.69) is 209 Å². The van der Waals surface area contributed by atoms with Gasteiger partial charge in [-0.25, -0.2) is 0 Å². The highest BCUT2D eigenvalue weighted by Crippen LogP contribution is 2.56. The molecule has 3 nitrogen and oxygen atoms in total. The standard InChI is InChI=1S/C46H34BN3/c1-4-15-33(16-5-1)48(34-17-6-2-7-18-34)36-21-12-22-37(31-36)49(35-19-8-3-9-20-35)38-29-30-46-42(32-38)40-25-14-27-44(40)47-43-26-13-24-39(43)41-23-10-11-28-45(41)50(46)47/h1-32,39-40H. The van der Waals surface area contributed by atoms with Gasteiger partial charge in [-0.2, -0.15) is 0 Å². The number of rotatable bonds is 6. The average molecular weight is 640 g/mol. The molecule has 2 heterocycles. The van der Waals surface area contributed by atoms with Gasteiger partial charge < -0.3 is 14.6 Å². The minimum absolute atomic E-state index is 0.215. The van der Waals surface area contributed by atoms with Gasteiger partial charge in [0, 0.05) is 57.3 Å². The number of benzene rings is 6. The molecule has 0 fully saturated rings. The van der Waals surface area contributed by atoms with Crippen molar-refractivity contribution >= 4 is 52.3 Å². The van der Waals surface area contributed by atoms with Crippen LogP contribution in [0.15, 0.2) is 205 Å². The maximum atomic E-state index is 2.60. The molecule has 0 radical (unpaired) electrons. The molecule has 0 saturated heterocycles. The molecule has 0 bridgehead atoms. The molecule has 2 atom stereocenters. The van der Waals surface area contributed by atoms with Crippen molar-refractivity contribution in [2.75, 3.05) is 14.6 Å². The van der Waals surface area contributed by atoms with Crippen molar-refractivity contribution in [2.45, 2.75) is 11.8 Å². The maximum absolute atomic E-state index is 2.60. The lowest BCUT2D eigenvalue weighted by molar-refractivity contribution is 0.974. The van der Waals surface area contributed by atoms with Crippen LogP contribution in [0.3, 0.4) is 0 Å². The fourth-order valence-electron chi connectivity index (χ4n) is 8.49. The topological polar surface area (TPSA) is 9.72 Å². The van der Waals surface area contributed by atoms with Gasteiger partial charge in [0.2, 0.25) is 0 Å². The van der Waals surface area contributed by atoms with Crippen LogP contribution in [0.1, 0.15) is 23.0 Å². The third kappa shape index (κ3) is 4.53. The normalized spacial score (nSPS) is 17.6. The smallest absolute Gasteiger partial charge is 0.321 e. The molecular formula is C46H34BN3. The quantitative estimate of drug-likeness (QED) is 0.168. The van der Waals surface area contributed by atoms with E-state index in [0.29, 0.717) is 5.92 Å². The zero-order valence-electron chi connectivity index (χ0n) is 27.5. The van der Waals surface area contributed by atoms with E-state index in [9.17, 15) is 0 Å². The van der Waals surface area contributed by atoms with Gasteiger partial charge in [-0.05, 0) is 90.0 Å². The van der Waals surface area contributed by atoms with Crippen molar-refractivity contribution in [1.29, 1.82) is 0 Å². The number of nitrogens with zero attached hydrogens (tertiary/aromatic N) is 3. The molecule has 10 rings (SSSR count). The Morgan fingerprint density at radius 2 is 0.860 bits per heavy atom. The molecular weight excluding hydrogens is 605 g/mol. The van der Waals surface area contributed by atoms with E-state index >= 15 is 0 Å². The van der Waals surface area contributed by atoms with Crippen LogP contribution < -0.4 is 14.6 Å². The summed E-state index contributed by atoms with van der Waals surface area (Å²) >= 11 is 0. The summed E-state index contributed by atoms with van der Waals surface area (Å²) in [6.07, 6.45) is 14.0. The molecule has 2 unspecified atom stereocenters. The van der Waals surface area contributed by atoms with Gasteiger partial charge >= 0.3 is 6.85 Å². The number of para-hydroxylation sites is 4. The molecule has 2 aliphatic carbocycles. The highest BCUT2D eigenvalue weighted by Gasteiger charge is 2.48. The second-order valence-electron chi connectivity index (χ2n) is 13.3. The Kier molecular flexibility index (Phi) is 6.73. The third-order valence-corrected chi connectivity index (χ3v) is 10.6. The zero-order valence-corrected chi connectivity index (χ0v) is 27.5. The summed E-state index contributed by atoms with van der Waals surface area (Å²) in [7, 11) is 0. The average Bonchev–Trinajstić information content (AvgIpc) is 3.88. The summed E-state index contributed by atoms with van der Waals surface area (Å²) in [5, 5.41) is 0. The van der Waals surface area contributed by atoms with Crippen LogP contribution in [0.25, 0.3) is 0 Å². The van der Waals surface area contributed by atoms with Crippen LogP contribution in [0.2, 0.25) is 0 Å². The summed E-state index contributed by atoms with van der Waals surface area (Å²) in [6.45, 7) is 0.215. The molecule has 2 aliphatic heterocycles. The first-order valence-corrected chi connectivity index (χ1v) is 17.5. The Balaban J connectivity index is 1.13.